The number of alkyl halides is 6. The molecule has 1 heterocycles. The van der Waals surface area contributed by atoms with Crippen LogP contribution >= 0.6 is 11.9 Å². The van der Waals surface area contributed by atoms with E-state index < -0.39 is 24.1 Å². The monoisotopic (exact) mass is 592 g/mol. The van der Waals surface area contributed by atoms with Crippen LogP contribution < -0.4 is 9.46 Å². The molecule has 0 radical (unpaired) electrons. The molecule has 2 amide bonds. The van der Waals surface area contributed by atoms with Crippen LogP contribution in [0.4, 0.5) is 31.1 Å². The highest BCUT2D eigenvalue weighted by molar-refractivity contribution is 7.98. The van der Waals surface area contributed by atoms with Crippen LogP contribution in [0, 0.1) is 0 Å². The number of nitrogens with one attached hydrogen (secondary N) is 1. The van der Waals surface area contributed by atoms with E-state index in [0.717, 1.165) is 28.5 Å². The third-order valence-corrected chi connectivity index (χ3v) is 6.88. The molecule has 0 spiro atoms. The normalized spacial score (nSPS) is 16.2. The number of carbonyl (C=O) groups is 1. The van der Waals surface area contributed by atoms with Crippen molar-refractivity contribution in [2.24, 2.45) is 10.2 Å². The second-order valence-electron chi connectivity index (χ2n) is 8.75. The summed E-state index contributed by atoms with van der Waals surface area (Å²) < 4.78 is 84.3. The molecule has 2 aliphatic carbocycles. The first kappa shape index (κ1) is 28.1. The Labute approximate surface area is 232 Å². The zero-order valence-electron chi connectivity index (χ0n) is 20.7. The average molecular weight is 593 g/mol. The number of nitrogens with zero attached hydrogens (tertiary/aromatic N) is 5. The van der Waals surface area contributed by atoms with Gasteiger partial charge in [-0.25, -0.2) is 9.48 Å². The van der Waals surface area contributed by atoms with Crippen molar-refractivity contribution >= 4 is 23.6 Å². The minimum atomic E-state index is -4.78. The molecule has 0 saturated heterocycles. The predicted molar refractivity (Wildman–Crippen MR) is 136 cm³/mol. The number of azo groups is 1. The van der Waals surface area contributed by atoms with Crippen molar-refractivity contribution < 1.29 is 35.9 Å². The van der Waals surface area contributed by atoms with Crippen molar-refractivity contribution in [1.29, 1.82) is 0 Å². The maximum Gasteiger partial charge on any atom is 0.573 e. The number of urea groups is 1. The first-order chi connectivity index (χ1) is 19.5. The molecule has 0 atom stereocenters. The Morgan fingerprint density at radius 2 is 1.80 bits per heavy atom. The molecule has 3 aromatic rings. The number of benzene rings is 2. The number of fused-ring (bicyclic) bond motifs is 3. The Balaban J connectivity index is 1.22. The van der Waals surface area contributed by atoms with Crippen molar-refractivity contribution in [2.45, 2.75) is 36.7 Å². The molecule has 0 aliphatic heterocycles. The van der Waals surface area contributed by atoms with Gasteiger partial charge in [0.05, 0.1) is 23.1 Å². The van der Waals surface area contributed by atoms with Gasteiger partial charge in [-0.15, -0.1) is 18.3 Å². The molecule has 8 nitrogen and oxygen atoms in total. The summed E-state index contributed by atoms with van der Waals surface area (Å²) in [7, 11) is 0. The van der Waals surface area contributed by atoms with Gasteiger partial charge in [-0.3, -0.25) is 4.72 Å². The van der Waals surface area contributed by atoms with Gasteiger partial charge in [0.15, 0.2) is 0 Å². The molecule has 212 valence electrons. The van der Waals surface area contributed by atoms with Gasteiger partial charge in [0, 0.05) is 10.5 Å². The SMILES string of the molecule is O=C(N=N/C=C1/C=C2CCc3c(nnn3-c3ccc(OC(F)(F)F)cc3)C2=CC1)NSc1ccccc1C(F)(F)F. The number of aromatic nitrogens is 3. The highest BCUT2D eigenvalue weighted by Gasteiger charge is 2.33. The van der Waals surface area contributed by atoms with Crippen LogP contribution in [0.25, 0.3) is 11.3 Å². The van der Waals surface area contributed by atoms with Crippen LogP contribution in [0.5, 0.6) is 5.75 Å². The summed E-state index contributed by atoms with van der Waals surface area (Å²) in [4.78, 5) is 11.8. The Bertz CT molecular complexity index is 1590. The summed E-state index contributed by atoms with van der Waals surface area (Å²) in [6.07, 6.45) is -2.48. The van der Waals surface area contributed by atoms with Gasteiger partial charge in [-0.2, -0.15) is 18.3 Å². The third-order valence-electron chi connectivity index (χ3n) is 6.02. The van der Waals surface area contributed by atoms with E-state index in [2.05, 4.69) is 30.0 Å². The zero-order chi connectivity index (χ0) is 29.2. The number of rotatable bonds is 5. The van der Waals surface area contributed by atoms with Crippen molar-refractivity contribution in [2.75, 3.05) is 0 Å². The smallest absolute Gasteiger partial charge is 0.406 e. The Hall–Kier alpha value is -4.40. The summed E-state index contributed by atoms with van der Waals surface area (Å²) >= 11 is 0.498. The molecule has 0 unspecified atom stereocenters. The van der Waals surface area contributed by atoms with Crippen LogP contribution in [0.1, 0.15) is 29.8 Å². The molecule has 1 aromatic heterocycles. The molecule has 15 heteroatoms. The fourth-order valence-electron chi connectivity index (χ4n) is 4.31. The quantitative estimate of drug-likeness (QED) is 0.187. The summed E-state index contributed by atoms with van der Waals surface area (Å²) in [6.45, 7) is 0. The fraction of sp³-hybridized carbons (Fsp3) is 0.192. The van der Waals surface area contributed by atoms with Crippen molar-refractivity contribution in [1.82, 2.24) is 19.7 Å². The van der Waals surface area contributed by atoms with Crippen molar-refractivity contribution in [3.8, 4) is 11.4 Å². The molecule has 1 N–H and O–H groups in total. The molecular weight excluding hydrogens is 574 g/mol. The van der Waals surface area contributed by atoms with Gasteiger partial charge in [-0.05, 0) is 78.8 Å². The molecule has 0 bridgehead atoms. The summed E-state index contributed by atoms with van der Waals surface area (Å²) in [5.74, 6) is -0.338. The third kappa shape index (κ3) is 6.67. The highest BCUT2D eigenvalue weighted by Crippen LogP contribution is 2.39. The Kier molecular flexibility index (Phi) is 7.71. The van der Waals surface area contributed by atoms with E-state index in [9.17, 15) is 31.1 Å². The lowest BCUT2D eigenvalue weighted by molar-refractivity contribution is -0.274. The standard InChI is InChI=1S/C26H18F6N6O2S/c27-25(28,29)20-3-1-2-4-22(20)41-36-24(39)35-33-14-15-5-11-19-16(13-15)6-12-21-23(19)34-37-38(21)17-7-9-18(10-8-17)40-26(30,31)32/h1-4,7-11,13-14H,5-6,12H2,(H,36,39)/b15-14+,35-33?. The molecule has 0 fully saturated rings. The number of hydrogen-bond acceptors (Lipinski definition) is 6. The molecule has 2 aliphatic rings. The molecule has 2 aromatic carbocycles. The first-order valence-electron chi connectivity index (χ1n) is 11.9. The maximum atomic E-state index is 13.1. The minimum Gasteiger partial charge on any atom is -0.406 e. The summed E-state index contributed by atoms with van der Waals surface area (Å²) in [5.41, 5.74) is 3.74. The number of ether oxygens (including phenoxy) is 1. The lowest BCUT2D eigenvalue weighted by Gasteiger charge is -2.22. The largest absolute Gasteiger partial charge is 0.573 e. The Morgan fingerprint density at radius 1 is 1.05 bits per heavy atom. The number of halogens is 6. The lowest BCUT2D eigenvalue weighted by atomic mass is 9.84. The van der Waals surface area contributed by atoms with E-state index in [1.54, 1.807) is 4.68 Å². The van der Waals surface area contributed by atoms with Crippen molar-refractivity contribution in [3.05, 3.63) is 95.0 Å². The number of carbonyl (C=O) groups excluding carboxylic acids is 1. The van der Waals surface area contributed by atoms with Crippen LogP contribution in [0.15, 0.2) is 93.2 Å². The van der Waals surface area contributed by atoms with Crippen LogP contribution in [-0.2, 0) is 12.6 Å². The molecule has 5 rings (SSSR count). The van der Waals surface area contributed by atoms with Gasteiger partial charge < -0.3 is 4.74 Å². The Morgan fingerprint density at radius 3 is 2.54 bits per heavy atom. The summed E-state index contributed by atoms with van der Waals surface area (Å²) in [6, 6.07) is 9.27. The van der Waals surface area contributed by atoms with Crippen LogP contribution in [0.2, 0.25) is 0 Å². The minimum absolute atomic E-state index is 0.169. The topological polar surface area (TPSA) is 93.8 Å². The van der Waals surface area contributed by atoms with Gasteiger partial charge in [0.25, 0.3) is 0 Å². The molecular formula is C26H18F6N6O2S. The number of amides is 2. The van der Waals surface area contributed by atoms with E-state index in [0.29, 0.717) is 42.6 Å². The fourth-order valence-corrected chi connectivity index (χ4v) is 4.98. The second-order valence-corrected chi connectivity index (χ2v) is 9.60. The highest BCUT2D eigenvalue weighted by atomic mass is 32.2. The van der Waals surface area contributed by atoms with E-state index >= 15 is 0 Å². The maximum absolute atomic E-state index is 13.1. The van der Waals surface area contributed by atoms with E-state index in [-0.39, 0.29) is 10.6 Å². The van der Waals surface area contributed by atoms with Gasteiger partial charge in [-0.1, -0.05) is 34.6 Å². The van der Waals surface area contributed by atoms with E-state index in [1.807, 2.05) is 12.2 Å². The summed E-state index contributed by atoms with van der Waals surface area (Å²) in [5, 5.41) is 15.7. The molecule has 41 heavy (non-hydrogen) atoms. The van der Waals surface area contributed by atoms with Crippen LogP contribution in [-0.4, -0.2) is 27.4 Å². The number of hydrogen-bond donors (Lipinski definition) is 1. The van der Waals surface area contributed by atoms with E-state index in [1.165, 1.54) is 48.7 Å². The van der Waals surface area contributed by atoms with Gasteiger partial charge >= 0.3 is 18.6 Å². The zero-order valence-corrected chi connectivity index (χ0v) is 21.5. The predicted octanol–water partition coefficient (Wildman–Crippen LogP) is 7.60. The lowest BCUT2D eigenvalue weighted by Crippen LogP contribution is -2.17. The second kappa shape index (κ2) is 11.2. The first-order valence-corrected chi connectivity index (χ1v) is 12.7. The van der Waals surface area contributed by atoms with Crippen molar-refractivity contribution in [3.63, 3.8) is 0 Å². The number of allylic oxidation sites excluding steroid dienone is 5. The van der Waals surface area contributed by atoms with Gasteiger partial charge in [0.1, 0.15) is 11.4 Å². The van der Waals surface area contributed by atoms with Crippen LogP contribution in [0.3, 0.4) is 0 Å². The molecule has 0 saturated carbocycles. The average Bonchev–Trinajstić information content (AvgIpc) is 3.36. The van der Waals surface area contributed by atoms with Gasteiger partial charge in [0.2, 0.25) is 0 Å². The van der Waals surface area contributed by atoms with E-state index in [4.69, 9.17) is 0 Å².